The molecule has 2 aliphatic rings. The number of hydrogen-bond donors (Lipinski definition) is 0. The van der Waals surface area contributed by atoms with Crippen molar-refractivity contribution in [3.05, 3.63) is 51.6 Å². The molecule has 0 saturated heterocycles. The number of rotatable bonds is 9. The van der Waals surface area contributed by atoms with E-state index in [-0.39, 0.29) is 0 Å². The first-order valence-corrected chi connectivity index (χ1v) is 12.6. The lowest BCUT2D eigenvalue weighted by atomic mass is 9.89. The molecule has 0 spiro atoms. The molecule has 0 radical (unpaired) electrons. The largest absolute Gasteiger partial charge is 0.493 e. The highest BCUT2D eigenvalue weighted by Gasteiger charge is 2.45. The summed E-state index contributed by atoms with van der Waals surface area (Å²) in [5, 5.41) is 0. The predicted octanol–water partition coefficient (Wildman–Crippen LogP) is 4.88. The Hall–Kier alpha value is -4.18. The Balaban J connectivity index is 1.98. The summed E-state index contributed by atoms with van der Waals surface area (Å²) in [6.45, 7) is 0. The van der Waals surface area contributed by atoms with Crippen molar-refractivity contribution in [1.82, 2.24) is 0 Å². The molecule has 0 aliphatic carbocycles. The fourth-order valence-corrected chi connectivity index (χ4v) is 5.92. The molecule has 3 aromatic rings. The first-order chi connectivity index (χ1) is 19.5. The van der Waals surface area contributed by atoms with Crippen LogP contribution in [-0.4, -0.2) is 64.0 Å². The highest BCUT2D eigenvalue weighted by atomic mass is 16.6. The van der Waals surface area contributed by atoms with E-state index < -0.39 is 12.2 Å². The summed E-state index contributed by atoms with van der Waals surface area (Å²) >= 11 is 0. The summed E-state index contributed by atoms with van der Waals surface area (Å²) in [6, 6.07) is 5.78. The SMILES string of the molecule is COc1cc2c(c(OC)c1OC)Cc1cc(OC)c(OC)c(OC)c1[C@@H]1O[C@H]2c2c1cc(OC)c(OC)c2OC. The number of benzene rings is 3. The van der Waals surface area contributed by atoms with Gasteiger partial charge in [-0.05, 0) is 34.9 Å². The van der Waals surface area contributed by atoms with E-state index in [4.69, 9.17) is 47.4 Å². The quantitative estimate of drug-likeness (QED) is 0.365. The molecule has 2 heterocycles. The van der Waals surface area contributed by atoms with E-state index >= 15 is 0 Å². The third-order valence-corrected chi connectivity index (χ3v) is 7.55. The van der Waals surface area contributed by atoms with E-state index in [1.54, 1.807) is 64.0 Å². The van der Waals surface area contributed by atoms with Crippen LogP contribution in [0.4, 0.5) is 0 Å². The molecule has 10 heteroatoms. The van der Waals surface area contributed by atoms with E-state index in [1.165, 1.54) is 0 Å². The van der Waals surface area contributed by atoms with Gasteiger partial charge in [0.2, 0.25) is 17.2 Å². The van der Waals surface area contributed by atoms with Gasteiger partial charge in [0.25, 0.3) is 0 Å². The van der Waals surface area contributed by atoms with Gasteiger partial charge in [-0.3, -0.25) is 0 Å². The van der Waals surface area contributed by atoms with Crippen LogP contribution in [0, 0.1) is 0 Å². The topological polar surface area (TPSA) is 92.3 Å². The van der Waals surface area contributed by atoms with Crippen LogP contribution in [0.25, 0.3) is 0 Å². The van der Waals surface area contributed by atoms with Crippen molar-refractivity contribution in [3.63, 3.8) is 0 Å². The molecule has 5 rings (SSSR count). The van der Waals surface area contributed by atoms with Crippen LogP contribution >= 0.6 is 0 Å². The van der Waals surface area contributed by atoms with Gasteiger partial charge >= 0.3 is 0 Å². The van der Waals surface area contributed by atoms with E-state index in [0.717, 1.165) is 33.4 Å². The number of ether oxygens (including phenoxy) is 10. The molecule has 0 fully saturated rings. The van der Waals surface area contributed by atoms with Crippen molar-refractivity contribution in [2.45, 2.75) is 18.6 Å². The molecule has 2 bridgehead atoms. The lowest BCUT2D eigenvalue weighted by molar-refractivity contribution is 0.0530. The van der Waals surface area contributed by atoms with Gasteiger partial charge in [0, 0.05) is 23.1 Å². The maximum atomic E-state index is 6.94. The molecule has 0 unspecified atom stereocenters. The van der Waals surface area contributed by atoms with Gasteiger partial charge in [-0.25, -0.2) is 0 Å². The Morgan fingerprint density at radius 2 is 0.900 bits per heavy atom. The summed E-state index contributed by atoms with van der Waals surface area (Å²) in [4.78, 5) is 0. The van der Waals surface area contributed by atoms with Crippen LogP contribution in [0.15, 0.2) is 18.2 Å². The van der Waals surface area contributed by atoms with Gasteiger partial charge in [-0.15, -0.1) is 0 Å². The van der Waals surface area contributed by atoms with Gasteiger partial charge in [-0.2, -0.15) is 0 Å². The molecule has 0 amide bonds. The highest BCUT2D eigenvalue weighted by Crippen LogP contribution is 2.61. The number of hydrogen-bond acceptors (Lipinski definition) is 10. The minimum Gasteiger partial charge on any atom is -0.493 e. The lowest BCUT2D eigenvalue weighted by Gasteiger charge is -2.29. The zero-order chi connectivity index (χ0) is 28.7. The zero-order valence-corrected chi connectivity index (χ0v) is 24.2. The molecule has 10 nitrogen and oxygen atoms in total. The van der Waals surface area contributed by atoms with Gasteiger partial charge in [0.15, 0.2) is 34.5 Å². The smallest absolute Gasteiger partial charge is 0.203 e. The van der Waals surface area contributed by atoms with Crippen LogP contribution < -0.4 is 42.6 Å². The second kappa shape index (κ2) is 10.8. The first-order valence-electron chi connectivity index (χ1n) is 12.6. The minimum absolute atomic E-state index is 0.450. The summed E-state index contributed by atoms with van der Waals surface area (Å²) in [6.07, 6.45) is -0.693. The van der Waals surface area contributed by atoms with E-state index in [0.29, 0.717) is 58.2 Å². The van der Waals surface area contributed by atoms with Crippen LogP contribution in [0.3, 0.4) is 0 Å². The van der Waals surface area contributed by atoms with Crippen molar-refractivity contribution in [3.8, 4) is 51.7 Å². The maximum absolute atomic E-state index is 6.94. The molecule has 2 atom stereocenters. The van der Waals surface area contributed by atoms with Crippen LogP contribution in [-0.2, 0) is 11.2 Å². The van der Waals surface area contributed by atoms with Crippen molar-refractivity contribution < 1.29 is 47.4 Å². The highest BCUT2D eigenvalue weighted by molar-refractivity contribution is 5.71. The summed E-state index contributed by atoms with van der Waals surface area (Å²) < 4.78 is 59.3. The fraction of sp³-hybridized carbons (Fsp3) is 0.400. The summed E-state index contributed by atoms with van der Waals surface area (Å²) in [7, 11) is 14.3. The van der Waals surface area contributed by atoms with Gasteiger partial charge < -0.3 is 47.4 Å². The second-order valence-electron chi connectivity index (χ2n) is 9.15. The normalized spacial score (nSPS) is 16.4. The third kappa shape index (κ3) is 3.81. The zero-order valence-electron chi connectivity index (χ0n) is 24.2. The van der Waals surface area contributed by atoms with Crippen LogP contribution in [0.2, 0.25) is 0 Å². The Morgan fingerprint density at radius 1 is 0.475 bits per heavy atom. The predicted molar refractivity (Wildman–Crippen MR) is 146 cm³/mol. The van der Waals surface area contributed by atoms with Crippen molar-refractivity contribution in [2.75, 3.05) is 64.0 Å². The van der Waals surface area contributed by atoms with Gasteiger partial charge in [0.1, 0.15) is 12.2 Å². The van der Waals surface area contributed by atoms with Crippen LogP contribution in [0.1, 0.15) is 45.6 Å². The first kappa shape index (κ1) is 27.4. The molecule has 3 aromatic carbocycles. The van der Waals surface area contributed by atoms with Gasteiger partial charge in [-0.1, -0.05) is 0 Å². The summed E-state index contributed by atoms with van der Waals surface area (Å²) in [5.41, 5.74) is 5.01. The van der Waals surface area contributed by atoms with Crippen LogP contribution in [0.5, 0.6) is 51.7 Å². The standard InChI is InChI=1S/C30H34O10/c1-31-18-11-14-10-15-16(12-19(32-2)26(35-5)25(15)34-4)23-22-17(13-20(33-3)28(37-7)30(22)39-9)24(40-23)21(14)29(38-8)27(18)36-6/h11-13,23-24H,10H2,1-9H3/t23-,24-/m1/s1. The molecule has 2 aliphatic heterocycles. The Morgan fingerprint density at radius 3 is 1.40 bits per heavy atom. The average molecular weight is 555 g/mol. The lowest BCUT2D eigenvalue weighted by Crippen LogP contribution is -2.15. The third-order valence-electron chi connectivity index (χ3n) is 7.55. The van der Waals surface area contributed by atoms with E-state index in [1.807, 2.05) is 18.2 Å². The average Bonchev–Trinajstić information content (AvgIpc) is 3.37. The number of fused-ring (bicyclic) bond motifs is 9. The molecule has 0 aromatic heterocycles. The van der Waals surface area contributed by atoms with Crippen molar-refractivity contribution in [1.29, 1.82) is 0 Å². The molecule has 214 valence electrons. The molecule has 0 saturated carbocycles. The van der Waals surface area contributed by atoms with Crippen molar-refractivity contribution in [2.24, 2.45) is 0 Å². The minimum atomic E-state index is -0.579. The molecular formula is C30H34O10. The maximum Gasteiger partial charge on any atom is 0.203 e. The number of methoxy groups -OCH3 is 9. The molecule has 0 N–H and O–H groups in total. The fourth-order valence-electron chi connectivity index (χ4n) is 5.92. The molecular weight excluding hydrogens is 520 g/mol. The Kier molecular flexibility index (Phi) is 7.37. The Bertz CT molecular complexity index is 1450. The molecule has 40 heavy (non-hydrogen) atoms. The second-order valence-corrected chi connectivity index (χ2v) is 9.15. The van der Waals surface area contributed by atoms with E-state index in [9.17, 15) is 0 Å². The van der Waals surface area contributed by atoms with Crippen molar-refractivity contribution >= 4 is 0 Å². The van der Waals surface area contributed by atoms with Gasteiger partial charge in [0.05, 0.1) is 64.0 Å². The van der Waals surface area contributed by atoms with E-state index in [2.05, 4.69) is 0 Å². The monoisotopic (exact) mass is 554 g/mol. The Labute approximate surface area is 233 Å². The summed E-state index contributed by atoms with van der Waals surface area (Å²) in [5.74, 6) is 4.50.